The van der Waals surface area contributed by atoms with Gasteiger partial charge in [-0.2, -0.15) is 0 Å². The number of aromatic carboxylic acids is 2. The third kappa shape index (κ3) is 2.82. The predicted molar refractivity (Wildman–Crippen MR) is 114 cm³/mol. The zero-order valence-corrected chi connectivity index (χ0v) is 17.0. The SMILES string of the molecule is O=C([O-])c1[nH]c(C(=O)[O-])c(-c2c[nH]c3c(Cl)cccc23)c1-c1c[nH]c2c(Cl)cccc12. The topological polar surface area (TPSA) is 128 Å². The number of carbonyl (C=O) groups excluding carboxylic acids is 2. The average molecular weight is 452 g/mol. The number of benzene rings is 2. The normalized spacial score (nSPS) is 11.4. The molecule has 5 aromatic rings. The summed E-state index contributed by atoms with van der Waals surface area (Å²) in [6.45, 7) is 0. The number of aromatic amines is 3. The molecule has 3 aromatic heterocycles. The number of rotatable bonds is 4. The highest BCUT2D eigenvalue weighted by atomic mass is 35.5. The molecule has 0 radical (unpaired) electrons. The second kappa shape index (κ2) is 6.94. The minimum Gasteiger partial charge on any atom is -0.543 e. The highest BCUT2D eigenvalue weighted by molar-refractivity contribution is 6.36. The van der Waals surface area contributed by atoms with Crippen molar-refractivity contribution < 1.29 is 19.8 Å². The van der Waals surface area contributed by atoms with Crippen molar-refractivity contribution in [1.82, 2.24) is 15.0 Å². The van der Waals surface area contributed by atoms with Crippen molar-refractivity contribution in [1.29, 1.82) is 0 Å². The van der Waals surface area contributed by atoms with E-state index in [0.717, 1.165) is 0 Å². The van der Waals surface area contributed by atoms with Crippen molar-refractivity contribution in [2.75, 3.05) is 0 Å². The van der Waals surface area contributed by atoms with Crippen molar-refractivity contribution in [2.24, 2.45) is 0 Å². The molecule has 9 heteroatoms. The lowest BCUT2D eigenvalue weighted by molar-refractivity contribution is -0.255. The number of carboxylic acids is 2. The Morgan fingerprint density at radius 1 is 0.710 bits per heavy atom. The van der Waals surface area contributed by atoms with Gasteiger partial charge in [0.25, 0.3) is 0 Å². The summed E-state index contributed by atoms with van der Waals surface area (Å²) in [6.07, 6.45) is 3.16. The number of halogens is 2. The average Bonchev–Trinajstić information content (AvgIpc) is 3.42. The molecule has 154 valence electrons. The highest BCUT2D eigenvalue weighted by Gasteiger charge is 2.26. The van der Waals surface area contributed by atoms with Crippen LogP contribution in [0.4, 0.5) is 0 Å². The number of nitrogens with one attached hydrogen (secondary N) is 3. The molecule has 0 spiro atoms. The molecule has 3 heterocycles. The summed E-state index contributed by atoms with van der Waals surface area (Å²) in [4.78, 5) is 32.5. The second-order valence-corrected chi connectivity index (χ2v) is 7.74. The third-order valence-corrected chi connectivity index (χ3v) is 5.91. The van der Waals surface area contributed by atoms with E-state index in [1.165, 1.54) is 0 Å². The molecule has 2 aromatic carbocycles. The number of carboxylic acid groups (broad SMARTS) is 2. The van der Waals surface area contributed by atoms with Crippen LogP contribution in [-0.4, -0.2) is 26.9 Å². The summed E-state index contributed by atoms with van der Waals surface area (Å²) in [6, 6.07) is 10.3. The molecule has 31 heavy (non-hydrogen) atoms. The monoisotopic (exact) mass is 451 g/mol. The summed E-state index contributed by atoms with van der Waals surface area (Å²) < 4.78 is 0. The van der Waals surface area contributed by atoms with Crippen LogP contribution in [0.3, 0.4) is 0 Å². The zero-order valence-electron chi connectivity index (χ0n) is 15.5. The first-order valence-electron chi connectivity index (χ1n) is 9.09. The quantitative estimate of drug-likeness (QED) is 0.386. The van der Waals surface area contributed by atoms with E-state index >= 15 is 0 Å². The third-order valence-electron chi connectivity index (χ3n) is 5.28. The summed E-state index contributed by atoms with van der Waals surface area (Å²) in [5.41, 5.74) is 1.61. The first kappa shape index (κ1) is 19.3. The minimum absolute atomic E-state index is 0.147. The first-order chi connectivity index (χ1) is 14.9. The molecule has 7 nitrogen and oxygen atoms in total. The summed E-state index contributed by atoms with van der Waals surface area (Å²) in [5.74, 6) is -3.11. The summed E-state index contributed by atoms with van der Waals surface area (Å²) >= 11 is 12.5. The van der Waals surface area contributed by atoms with E-state index in [1.54, 1.807) is 48.8 Å². The van der Waals surface area contributed by atoms with E-state index in [-0.39, 0.29) is 22.5 Å². The van der Waals surface area contributed by atoms with Crippen LogP contribution in [0.15, 0.2) is 48.8 Å². The van der Waals surface area contributed by atoms with Gasteiger partial charge < -0.3 is 34.8 Å². The maximum Gasteiger partial charge on any atom is 0.0884 e. The lowest BCUT2D eigenvalue weighted by Crippen LogP contribution is -2.25. The van der Waals surface area contributed by atoms with Crippen LogP contribution < -0.4 is 10.2 Å². The van der Waals surface area contributed by atoms with Gasteiger partial charge in [0.2, 0.25) is 0 Å². The van der Waals surface area contributed by atoms with Crippen molar-refractivity contribution in [3.8, 4) is 22.3 Å². The molecule has 0 aliphatic carbocycles. The summed E-state index contributed by atoms with van der Waals surface area (Å²) in [7, 11) is 0. The van der Waals surface area contributed by atoms with Crippen LogP contribution in [0.1, 0.15) is 21.0 Å². The molecule has 0 atom stereocenters. The molecule has 0 fully saturated rings. The number of para-hydroxylation sites is 2. The van der Waals surface area contributed by atoms with Gasteiger partial charge in [-0.3, -0.25) is 0 Å². The van der Waals surface area contributed by atoms with Gasteiger partial charge in [-0.05, 0) is 12.1 Å². The fourth-order valence-electron chi connectivity index (χ4n) is 3.99. The lowest BCUT2D eigenvalue weighted by atomic mass is 9.94. The van der Waals surface area contributed by atoms with Crippen LogP contribution in [0, 0.1) is 0 Å². The van der Waals surface area contributed by atoms with E-state index < -0.39 is 11.9 Å². The number of H-pyrrole nitrogens is 3. The smallest absolute Gasteiger partial charge is 0.0884 e. The van der Waals surface area contributed by atoms with Crippen LogP contribution in [-0.2, 0) is 0 Å². The first-order valence-corrected chi connectivity index (χ1v) is 9.84. The van der Waals surface area contributed by atoms with Gasteiger partial charge in [0.05, 0.1) is 44.4 Å². The fraction of sp³-hybridized carbons (Fsp3) is 0. The van der Waals surface area contributed by atoms with Crippen LogP contribution in [0.5, 0.6) is 0 Å². The number of carbonyl (C=O) groups is 2. The van der Waals surface area contributed by atoms with Gasteiger partial charge in [0, 0.05) is 45.4 Å². The van der Waals surface area contributed by atoms with Crippen molar-refractivity contribution in [3.05, 3.63) is 70.2 Å². The van der Waals surface area contributed by atoms with Gasteiger partial charge in [-0.1, -0.05) is 47.5 Å². The largest absolute Gasteiger partial charge is 0.543 e. The van der Waals surface area contributed by atoms with E-state index in [1.807, 2.05) is 0 Å². The molecule has 3 N–H and O–H groups in total. The standard InChI is InChI=1S/C22H13Cl2N3O4/c23-13-5-1-3-9-11(7-25-17(9)13)15-16(20(22(30)31)27-19(15)21(28)29)12-8-26-18-10(12)4-2-6-14(18)24/h1-8,25-27H,(H,28,29)(H,30,31)/p-2. The maximum atomic E-state index is 12.0. The molecule has 0 aliphatic heterocycles. The molecule has 0 saturated heterocycles. The Morgan fingerprint density at radius 2 is 1.13 bits per heavy atom. The molecule has 0 bridgehead atoms. The van der Waals surface area contributed by atoms with Crippen LogP contribution in [0.25, 0.3) is 44.1 Å². The van der Waals surface area contributed by atoms with Crippen molar-refractivity contribution in [2.45, 2.75) is 0 Å². The molecule has 0 unspecified atom stereocenters. The fourth-order valence-corrected chi connectivity index (χ4v) is 4.45. The molecular weight excluding hydrogens is 441 g/mol. The van der Waals surface area contributed by atoms with Crippen molar-refractivity contribution >= 4 is 56.9 Å². The minimum atomic E-state index is -1.56. The second-order valence-electron chi connectivity index (χ2n) is 6.93. The highest BCUT2D eigenvalue weighted by Crippen LogP contribution is 2.44. The van der Waals surface area contributed by atoms with E-state index in [0.29, 0.717) is 43.0 Å². The molecule has 5 rings (SSSR count). The van der Waals surface area contributed by atoms with E-state index in [2.05, 4.69) is 15.0 Å². The van der Waals surface area contributed by atoms with E-state index in [4.69, 9.17) is 23.2 Å². The molecular formula is C22H11Cl2N3O4-2. The molecule has 0 aliphatic rings. The van der Waals surface area contributed by atoms with Crippen molar-refractivity contribution in [3.63, 3.8) is 0 Å². The molecule has 0 saturated carbocycles. The van der Waals surface area contributed by atoms with Gasteiger partial charge in [0.1, 0.15) is 0 Å². The zero-order chi connectivity index (χ0) is 21.9. The Hall–Kier alpha value is -3.68. The molecule has 0 amide bonds. The Balaban J connectivity index is 1.94. The Morgan fingerprint density at radius 3 is 1.52 bits per heavy atom. The maximum absolute atomic E-state index is 12.0. The van der Waals surface area contributed by atoms with Gasteiger partial charge >= 0.3 is 0 Å². The Bertz CT molecular complexity index is 1410. The Kier molecular flexibility index (Phi) is 4.32. The lowest BCUT2D eigenvalue weighted by Gasteiger charge is -2.09. The summed E-state index contributed by atoms with van der Waals surface area (Å²) in [5, 5.41) is 26.1. The number of fused-ring (bicyclic) bond motifs is 2. The van der Waals surface area contributed by atoms with Gasteiger partial charge in [0.15, 0.2) is 0 Å². The number of hydrogen-bond acceptors (Lipinski definition) is 4. The number of aromatic nitrogens is 3. The van der Waals surface area contributed by atoms with E-state index in [9.17, 15) is 19.8 Å². The Labute approximate surface area is 184 Å². The van der Waals surface area contributed by atoms with Gasteiger partial charge in [-0.15, -0.1) is 0 Å². The van der Waals surface area contributed by atoms with Gasteiger partial charge in [-0.25, -0.2) is 0 Å². The van der Waals surface area contributed by atoms with Crippen LogP contribution in [0.2, 0.25) is 10.0 Å². The van der Waals surface area contributed by atoms with Crippen LogP contribution >= 0.6 is 23.2 Å². The number of hydrogen-bond donors (Lipinski definition) is 3. The predicted octanol–water partition coefficient (Wildman–Crippen LogP) is 3.35.